The first-order valence-electron chi connectivity index (χ1n) is 12.6. The Morgan fingerprint density at radius 2 is 1.74 bits per heavy atom. The molecule has 2 aromatic rings. The summed E-state index contributed by atoms with van der Waals surface area (Å²) in [6, 6.07) is 4.69. The van der Waals surface area contributed by atoms with Crippen molar-refractivity contribution in [1.29, 1.82) is 0 Å². The minimum Gasteiger partial charge on any atom is -0.493 e. The molecule has 0 saturated carbocycles. The van der Waals surface area contributed by atoms with Crippen LogP contribution in [-0.4, -0.2) is 71.7 Å². The topological polar surface area (TPSA) is 94.1 Å². The molecule has 3 rings (SSSR count). The zero-order valence-corrected chi connectivity index (χ0v) is 23.1. The van der Waals surface area contributed by atoms with E-state index in [4.69, 9.17) is 37.9 Å². The Morgan fingerprint density at radius 1 is 1.03 bits per heavy atom. The third kappa shape index (κ3) is 7.34. The maximum absolute atomic E-state index is 15.1. The van der Waals surface area contributed by atoms with Crippen LogP contribution in [0.2, 0.25) is 0 Å². The molecule has 1 atom stereocenters. The Bertz CT molecular complexity index is 1060. The number of aliphatic hydroxyl groups is 1. The summed E-state index contributed by atoms with van der Waals surface area (Å²) in [6.45, 7) is 6.57. The zero-order valence-electron chi connectivity index (χ0n) is 23.1. The monoisotopic (exact) mass is 538 g/mol. The van der Waals surface area contributed by atoms with Gasteiger partial charge in [-0.2, -0.15) is 0 Å². The van der Waals surface area contributed by atoms with E-state index in [1.54, 1.807) is 19.2 Å². The average molecular weight is 539 g/mol. The van der Waals surface area contributed by atoms with Crippen molar-refractivity contribution in [2.75, 3.05) is 54.7 Å². The first-order chi connectivity index (χ1) is 18.3. The zero-order chi connectivity index (χ0) is 27.7. The van der Waals surface area contributed by atoms with E-state index in [1.807, 2.05) is 20.8 Å². The summed E-state index contributed by atoms with van der Waals surface area (Å²) in [7, 11) is 4.46. The van der Waals surface area contributed by atoms with Crippen LogP contribution in [0, 0.1) is 5.82 Å². The summed E-state index contributed by atoms with van der Waals surface area (Å²) in [5, 5.41) is 9.80. The molecule has 0 spiro atoms. The number of aliphatic hydroxyl groups excluding tert-OH is 1. The summed E-state index contributed by atoms with van der Waals surface area (Å²) >= 11 is 0. The lowest BCUT2D eigenvalue weighted by Crippen LogP contribution is -2.24. The molecule has 1 aliphatic heterocycles. The van der Waals surface area contributed by atoms with Gasteiger partial charge in [0.05, 0.1) is 33.5 Å². The van der Waals surface area contributed by atoms with Crippen LogP contribution in [0.3, 0.4) is 0 Å². The van der Waals surface area contributed by atoms with Crippen LogP contribution in [-0.2, 0) is 43.1 Å². The van der Waals surface area contributed by atoms with Gasteiger partial charge in [0.2, 0.25) is 0 Å². The molecule has 9 nitrogen and oxygen atoms in total. The second kappa shape index (κ2) is 14.1. The van der Waals surface area contributed by atoms with Crippen LogP contribution in [0.5, 0.6) is 17.2 Å². The van der Waals surface area contributed by atoms with Gasteiger partial charge in [0.25, 0.3) is 0 Å². The fourth-order valence-corrected chi connectivity index (χ4v) is 4.54. The third-order valence-corrected chi connectivity index (χ3v) is 6.12. The Hall–Kier alpha value is -2.47. The first kappa shape index (κ1) is 30.1. The van der Waals surface area contributed by atoms with Gasteiger partial charge in [-0.05, 0) is 55.5 Å². The highest BCUT2D eigenvalue weighted by molar-refractivity contribution is 5.82. The molecule has 1 fully saturated rings. The molecule has 0 bridgehead atoms. The summed E-state index contributed by atoms with van der Waals surface area (Å²) in [5.41, 5.74) is 3.18. The summed E-state index contributed by atoms with van der Waals surface area (Å²) < 4.78 is 60.2. The standard InChI is InChI=1S/C28H39FO9/c1-7-20-21(8-9-34-14-19-15-37-28(2,3)38-19)26(22-10-18(13-30)11-23(29)27(22)33-6)25(36-17-32-5)12-24(20)35-16-31-4/h10-12,19,30H,7-9,13-17H2,1-6H3. The van der Waals surface area contributed by atoms with Crippen molar-refractivity contribution in [2.24, 2.45) is 0 Å². The van der Waals surface area contributed by atoms with E-state index >= 15 is 4.39 Å². The Balaban J connectivity index is 2.08. The van der Waals surface area contributed by atoms with Crippen LogP contribution < -0.4 is 14.2 Å². The molecular formula is C28H39FO9. The molecule has 10 heteroatoms. The normalized spacial score (nSPS) is 16.6. The Labute approximate surface area is 223 Å². The second-order valence-electron chi connectivity index (χ2n) is 9.25. The number of ether oxygens (including phenoxy) is 8. The van der Waals surface area contributed by atoms with E-state index in [0.29, 0.717) is 60.9 Å². The minimum absolute atomic E-state index is 0.0398. The van der Waals surface area contributed by atoms with E-state index in [0.717, 1.165) is 11.1 Å². The highest BCUT2D eigenvalue weighted by Crippen LogP contribution is 2.46. The summed E-state index contributed by atoms with van der Waals surface area (Å²) in [6.07, 6.45) is 0.906. The molecule has 0 aromatic heterocycles. The lowest BCUT2D eigenvalue weighted by molar-refractivity contribution is -0.144. The molecule has 0 amide bonds. The van der Waals surface area contributed by atoms with Gasteiger partial charge in [0, 0.05) is 31.4 Å². The highest BCUT2D eigenvalue weighted by atomic mass is 19.1. The lowest BCUT2D eigenvalue weighted by atomic mass is 9.89. The number of benzene rings is 2. The van der Waals surface area contributed by atoms with Gasteiger partial charge < -0.3 is 43.0 Å². The molecule has 1 N–H and O–H groups in total. The fraction of sp³-hybridized carbons (Fsp3) is 0.571. The van der Waals surface area contributed by atoms with E-state index in [1.165, 1.54) is 20.3 Å². The number of halogens is 1. The van der Waals surface area contributed by atoms with Crippen molar-refractivity contribution in [3.63, 3.8) is 0 Å². The smallest absolute Gasteiger partial charge is 0.188 e. The van der Waals surface area contributed by atoms with E-state index in [9.17, 15) is 5.11 Å². The molecular weight excluding hydrogens is 499 g/mol. The third-order valence-electron chi connectivity index (χ3n) is 6.12. The van der Waals surface area contributed by atoms with Gasteiger partial charge in [-0.25, -0.2) is 4.39 Å². The van der Waals surface area contributed by atoms with Crippen LogP contribution in [0.25, 0.3) is 11.1 Å². The highest BCUT2D eigenvalue weighted by Gasteiger charge is 2.32. The Morgan fingerprint density at radius 3 is 2.32 bits per heavy atom. The number of hydrogen-bond acceptors (Lipinski definition) is 9. The van der Waals surface area contributed by atoms with Gasteiger partial charge in [-0.15, -0.1) is 0 Å². The van der Waals surface area contributed by atoms with Crippen LogP contribution >= 0.6 is 0 Å². The maximum atomic E-state index is 15.1. The Kier molecular flexibility index (Phi) is 11.1. The molecule has 1 heterocycles. The molecule has 212 valence electrons. The van der Waals surface area contributed by atoms with Gasteiger partial charge in [-0.3, -0.25) is 0 Å². The molecule has 0 aliphatic carbocycles. The minimum atomic E-state index is -0.629. The SMILES string of the molecule is CCc1c(OCOC)cc(OCOC)c(-c2cc(CO)cc(F)c2OC)c1CCOCC1COC(C)(C)O1. The summed E-state index contributed by atoms with van der Waals surface area (Å²) in [4.78, 5) is 0. The van der Waals surface area contributed by atoms with Gasteiger partial charge in [0.1, 0.15) is 17.6 Å². The lowest BCUT2D eigenvalue weighted by Gasteiger charge is -2.24. The quantitative estimate of drug-likeness (QED) is 0.264. The molecule has 0 radical (unpaired) electrons. The van der Waals surface area contributed by atoms with E-state index in [-0.39, 0.29) is 32.0 Å². The van der Waals surface area contributed by atoms with Crippen molar-refractivity contribution in [3.05, 3.63) is 40.7 Å². The van der Waals surface area contributed by atoms with E-state index in [2.05, 4.69) is 0 Å². The van der Waals surface area contributed by atoms with Crippen LogP contribution in [0.4, 0.5) is 4.39 Å². The van der Waals surface area contributed by atoms with Crippen molar-refractivity contribution in [3.8, 4) is 28.4 Å². The van der Waals surface area contributed by atoms with Gasteiger partial charge in [0.15, 0.2) is 30.9 Å². The number of methoxy groups -OCH3 is 3. The van der Waals surface area contributed by atoms with Gasteiger partial charge >= 0.3 is 0 Å². The van der Waals surface area contributed by atoms with Crippen LogP contribution in [0.15, 0.2) is 18.2 Å². The van der Waals surface area contributed by atoms with Crippen molar-refractivity contribution >= 4 is 0 Å². The predicted molar refractivity (Wildman–Crippen MR) is 138 cm³/mol. The summed E-state index contributed by atoms with van der Waals surface area (Å²) in [5.74, 6) is -0.195. The predicted octanol–water partition coefficient (Wildman–Crippen LogP) is 4.23. The number of rotatable bonds is 15. The van der Waals surface area contributed by atoms with E-state index < -0.39 is 11.6 Å². The molecule has 38 heavy (non-hydrogen) atoms. The second-order valence-corrected chi connectivity index (χ2v) is 9.25. The average Bonchev–Trinajstić information content (AvgIpc) is 3.25. The molecule has 1 saturated heterocycles. The van der Waals surface area contributed by atoms with Gasteiger partial charge in [-0.1, -0.05) is 6.92 Å². The van der Waals surface area contributed by atoms with Crippen molar-refractivity contribution < 1.29 is 47.4 Å². The maximum Gasteiger partial charge on any atom is 0.188 e. The molecule has 2 aromatic carbocycles. The van der Waals surface area contributed by atoms with Crippen molar-refractivity contribution in [2.45, 2.75) is 52.1 Å². The van der Waals surface area contributed by atoms with Crippen LogP contribution in [0.1, 0.15) is 37.5 Å². The molecule has 1 aliphatic rings. The fourth-order valence-electron chi connectivity index (χ4n) is 4.54. The number of hydrogen-bond donors (Lipinski definition) is 1. The largest absolute Gasteiger partial charge is 0.493 e. The molecule has 1 unspecified atom stereocenters. The van der Waals surface area contributed by atoms with Crippen molar-refractivity contribution in [1.82, 2.24) is 0 Å². The first-order valence-corrected chi connectivity index (χ1v) is 12.6.